The first kappa shape index (κ1) is 19.3. The van der Waals surface area contributed by atoms with E-state index in [2.05, 4.69) is 5.32 Å². The zero-order chi connectivity index (χ0) is 19.6. The lowest BCUT2D eigenvalue weighted by Crippen LogP contribution is -2.27. The number of fused-ring (bicyclic) bond motifs is 1. The fourth-order valence-electron chi connectivity index (χ4n) is 3.14. The number of nitrogens with one attached hydrogen (secondary N) is 1. The lowest BCUT2D eigenvalue weighted by atomic mass is 10.1. The van der Waals surface area contributed by atoms with E-state index in [1.807, 2.05) is 18.2 Å². The molecule has 1 N–H and O–H groups in total. The van der Waals surface area contributed by atoms with E-state index >= 15 is 0 Å². The maximum atomic E-state index is 12.2. The van der Waals surface area contributed by atoms with Crippen LogP contribution in [0.5, 0.6) is 0 Å². The molecule has 0 bridgehead atoms. The molecule has 0 spiro atoms. The van der Waals surface area contributed by atoms with Gasteiger partial charge in [-0.3, -0.25) is 9.59 Å². The fraction of sp³-hybridized carbons (Fsp3) is 0.368. The first-order valence-corrected chi connectivity index (χ1v) is 10.3. The molecule has 144 valence electrons. The van der Waals surface area contributed by atoms with Crippen LogP contribution >= 0.6 is 0 Å². The molecular formula is C19H23N3O4S. The van der Waals surface area contributed by atoms with Gasteiger partial charge in [0.1, 0.15) is 0 Å². The minimum Gasteiger partial charge on any atom is -0.326 e. The number of aryl methyl sites for hydroxylation is 3. The third-order valence-electron chi connectivity index (χ3n) is 4.70. The van der Waals surface area contributed by atoms with Crippen LogP contribution in [-0.2, 0) is 34.2 Å². The molecule has 7 nitrogen and oxygen atoms in total. The molecule has 0 saturated carbocycles. The van der Waals surface area contributed by atoms with Gasteiger partial charge in [0.25, 0.3) is 5.56 Å². The lowest BCUT2D eigenvalue weighted by Gasteiger charge is -2.13. The molecule has 0 atom stereocenters. The van der Waals surface area contributed by atoms with Gasteiger partial charge >= 0.3 is 0 Å². The number of nitrogens with zero attached hydrogens (tertiary/aromatic N) is 2. The Morgan fingerprint density at radius 3 is 2.63 bits per heavy atom. The van der Waals surface area contributed by atoms with Crippen molar-refractivity contribution in [2.24, 2.45) is 0 Å². The molecule has 2 aromatic rings. The van der Waals surface area contributed by atoms with Crippen LogP contribution in [0.25, 0.3) is 0 Å². The summed E-state index contributed by atoms with van der Waals surface area (Å²) in [7, 11) is -0.785. The van der Waals surface area contributed by atoms with Crippen molar-refractivity contribution in [2.45, 2.75) is 37.1 Å². The summed E-state index contributed by atoms with van der Waals surface area (Å²) in [5.41, 5.74) is 3.00. The normalized spacial score (nSPS) is 13.6. The van der Waals surface area contributed by atoms with E-state index in [0.29, 0.717) is 0 Å². The number of sulfonamides is 1. The number of benzene rings is 1. The summed E-state index contributed by atoms with van der Waals surface area (Å²) in [4.78, 5) is 24.2. The largest absolute Gasteiger partial charge is 0.326 e. The second kappa shape index (κ2) is 7.66. The van der Waals surface area contributed by atoms with Crippen molar-refractivity contribution in [3.63, 3.8) is 0 Å². The number of anilines is 1. The topological polar surface area (TPSA) is 88.5 Å². The number of carbonyl (C=O) groups is 1. The molecule has 1 aromatic carbocycles. The molecule has 1 aromatic heterocycles. The summed E-state index contributed by atoms with van der Waals surface area (Å²) >= 11 is 0. The van der Waals surface area contributed by atoms with E-state index < -0.39 is 10.0 Å². The van der Waals surface area contributed by atoms with Crippen LogP contribution in [0.4, 0.5) is 5.69 Å². The highest BCUT2D eigenvalue weighted by Crippen LogP contribution is 2.24. The molecule has 27 heavy (non-hydrogen) atoms. The zero-order valence-corrected chi connectivity index (χ0v) is 16.3. The van der Waals surface area contributed by atoms with E-state index in [1.54, 1.807) is 0 Å². The van der Waals surface area contributed by atoms with E-state index in [-0.39, 0.29) is 29.3 Å². The van der Waals surface area contributed by atoms with Crippen molar-refractivity contribution in [3.05, 3.63) is 58.0 Å². The summed E-state index contributed by atoms with van der Waals surface area (Å²) in [5.74, 6) is -0.222. The Kier molecular flexibility index (Phi) is 5.48. The quantitative estimate of drug-likeness (QED) is 0.813. The van der Waals surface area contributed by atoms with E-state index in [4.69, 9.17) is 0 Å². The molecule has 1 aliphatic rings. The van der Waals surface area contributed by atoms with Gasteiger partial charge in [-0.25, -0.2) is 12.7 Å². The number of carbonyl (C=O) groups excluding carboxylic acids is 1. The van der Waals surface area contributed by atoms with Crippen molar-refractivity contribution in [2.75, 3.05) is 19.4 Å². The molecule has 8 heteroatoms. The van der Waals surface area contributed by atoms with Crippen LogP contribution in [0.3, 0.4) is 0 Å². The van der Waals surface area contributed by atoms with Crippen LogP contribution in [-0.4, -0.2) is 37.3 Å². The van der Waals surface area contributed by atoms with Crippen molar-refractivity contribution in [1.82, 2.24) is 8.87 Å². The van der Waals surface area contributed by atoms with Crippen LogP contribution in [0.1, 0.15) is 24.0 Å². The number of pyridine rings is 1. The number of amides is 1. The zero-order valence-electron chi connectivity index (χ0n) is 15.4. The Morgan fingerprint density at radius 1 is 1.15 bits per heavy atom. The fourth-order valence-corrected chi connectivity index (χ4v) is 4.06. The van der Waals surface area contributed by atoms with E-state index in [0.717, 1.165) is 29.3 Å². The summed E-state index contributed by atoms with van der Waals surface area (Å²) in [6.45, 7) is 0.104. The van der Waals surface area contributed by atoms with Gasteiger partial charge in [-0.05, 0) is 48.6 Å². The molecule has 1 amide bonds. The summed E-state index contributed by atoms with van der Waals surface area (Å²) in [6.07, 6.45) is 4.60. The van der Waals surface area contributed by atoms with Gasteiger partial charge in [-0.1, -0.05) is 6.07 Å². The standard InChI is InChI=1S/C19H23N3O4S/c1-21(2)27(25,26)17-8-9-19(24)22(13-17)11-10-18(23)20-16-7-6-14-4-3-5-15(14)12-16/h6-9,12-13H,3-5,10-11H2,1-2H3,(H,20,23). The SMILES string of the molecule is CN(C)S(=O)(=O)c1ccc(=O)n(CCC(=O)Nc2ccc3c(c2)CCC3)c1. The maximum absolute atomic E-state index is 12.2. The van der Waals surface area contributed by atoms with Crippen LogP contribution < -0.4 is 10.9 Å². The second-order valence-corrected chi connectivity index (χ2v) is 8.97. The summed E-state index contributed by atoms with van der Waals surface area (Å²) < 4.78 is 26.7. The Hall–Kier alpha value is -2.45. The Bertz CT molecular complexity index is 1030. The minimum atomic E-state index is -3.64. The van der Waals surface area contributed by atoms with Gasteiger partial charge in [0.2, 0.25) is 15.9 Å². The summed E-state index contributed by atoms with van der Waals surface area (Å²) in [6, 6.07) is 8.40. The number of rotatable bonds is 6. The molecule has 0 aliphatic heterocycles. The monoisotopic (exact) mass is 389 g/mol. The molecule has 1 aliphatic carbocycles. The van der Waals surface area contributed by atoms with Crippen molar-refractivity contribution < 1.29 is 13.2 Å². The smallest absolute Gasteiger partial charge is 0.250 e. The summed E-state index contributed by atoms with van der Waals surface area (Å²) in [5, 5.41) is 2.84. The lowest BCUT2D eigenvalue weighted by molar-refractivity contribution is -0.116. The number of hydrogen-bond donors (Lipinski definition) is 1. The molecule has 0 radical (unpaired) electrons. The van der Waals surface area contributed by atoms with Gasteiger partial charge in [-0.2, -0.15) is 0 Å². The molecule has 0 unspecified atom stereocenters. The minimum absolute atomic E-state index is 0.0196. The van der Waals surface area contributed by atoms with Crippen LogP contribution in [0.15, 0.2) is 46.2 Å². The third-order valence-corrected chi connectivity index (χ3v) is 6.50. The first-order chi connectivity index (χ1) is 12.8. The van der Waals surface area contributed by atoms with Crippen LogP contribution in [0.2, 0.25) is 0 Å². The Morgan fingerprint density at radius 2 is 1.89 bits per heavy atom. The first-order valence-electron chi connectivity index (χ1n) is 8.82. The predicted molar refractivity (Wildman–Crippen MR) is 103 cm³/mol. The van der Waals surface area contributed by atoms with Crippen molar-refractivity contribution >= 4 is 21.6 Å². The number of hydrogen-bond acceptors (Lipinski definition) is 4. The molecule has 0 fully saturated rings. The van der Waals surface area contributed by atoms with Gasteiger partial charge < -0.3 is 9.88 Å². The second-order valence-electron chi connectivity index (χ2n) is 6.82. The van der Waals surface area contributed by atoms with E-state index in [9.17, 15) is 18.0 Å². The van der Waals surface area contributed by atoms with Crippen molar-refractivity contribution in [3.8, 4) is 0 Å². The third kappa shape index (κ3) is 4.28. The molecule has 0 saturated heterocycles. The molecule has 3 rings (SSSR count). The van der Waals surface area contributed by atoms with Gasteiger partial charge in [0.05, 0.1) is 4.90 Å². The predicted octanol–water partition coefficient (Wildman–Crippen LogP) is 1.62. The maximum Gasteiger partial charge on any atom is 0.250 e. The van der Waals surface area contributed by atoms with E-state index in [1.165, 1.54) is 48.1 Å². The average molecular weight is 389 g/mol. The average Bonchev–Trinajstić information content (AvgIpc) is 3.08. The Balaban J connectivity index is 1.67. The van der Waals surface area contributed by atoms with Gasteiger partial charge in [-0.15, -0.1) is 0 Å². The highest BCUT2D eigenvalue weighted by molar-refractivity contribution is 7.89. The van der Waals surface area contributed by atoms with Crippen LogP contribution in [0, 0.1) is 0 Å². The number of aromatic nitrogens is 1. The highest BCUT2D eigenvalue weighted by Gasteiger charge is 2.18. The van der Waals surface area contributed by atoms with Gasteiger partial charge in [0, 0.05) is 45.0 Å². The van der Waals surface area contributed by atoms with Crippen molar-refractivity contribution in [1.29, 1.82) is 0 Å². The molecule has 1 heterocycles. The Labute approximate surface area is 158 Å². The molecular weight excluding hydrogens is 366 g/mol. The van der Waals surface area contributed by atoms with Gasteiger partial charge in [0.15, 0.2) is 0 Å². The highest BCUT2D eigenvalue weighted by atomic mass is 32.2.